The van der Waals surface area contributed by atoms with Crippen LogP contribution in [0.2, 0.25) is 0 Å². The van der Waals surface area contributed by atoms with Crippen molar-refractivity contribution in [1.29, 1.82) is 0 Å². The predicted molar refractivity (Wildman–Crippen MR) is 102 cm³/mol. The van der Waals surface area contributed by atoms with E-state index < -0.39 is 0 Å². The number of nitrogens with zero attached hydrogens (tertiary/aromatic N) is 4. The fourth-order valence-corrected chi connectivity index (χ4v) is 3.78. The van der Waals surface area contributed by atoms with E-state index in [2.05, 4.69) is 27.6 Å². The first-order valence-electron chi connectivity index (χ1n) is 9.00. The summed E-state index contributed by atoms with van der Waals surface area (Å²) >= 11 is 1.41. The molecule has 27 heavy (non-hydrogen) atoms. The highest BCUT2D eigenvalue weighted by Crippen LogP contribution is 2.30. The minimum Gasteiger partial charge on any atom is -0.461 e. The summed E-state index contributed by atoms with van der Waals surface area (Å²) in [6.07, 6.45) is 4.28. The van der Waals surface area contributed by atoms with Crippen molar-refractivity contribution in [2.45, 2.75) is 57.0 Å². The third kappa shape index (κ3) is 4.60. The molecule has 3 heterocycles. The SMILES string of the molecule is CCCCC(Sc1nnc(-c2ccco2)n1CC)C(=O)Nc1cc(C)on1. The number of hydrogen-bond donors (Lipinski definition) is 1. The van der Waals surface area contributed by atoms with Gasteiger partial charge in [0.2, 0.25) is 5.91 Å². The molecule has 0 fully saturated rings. The molecule has 1 N–H and O–H groups in total. The van der Waals surface area contributed by atoms with Gasteiger partial charge in [-0.15, -0.1) is 10.2 Å². The molecule has 3 aromatic rings. The Morgan fingerprint density at radius 1 is 1.37 bits per heavy atom. The summed E-state index contributed by atoms with van der Waals surface area (Å²) in [5.41, 5.74) is 0. The van der Waals surface area contributed by atoms with E-state index in [0.29, 0.717) is 34.9 Å². The first-order valence-corrected chi connectivity index (χ1v) is 9.88. The molecule has 0 aliphatic rings. The lowest BCUT2D eigenvalue weighted by Gasteiger charge is -2.15. The lowest BCUT2D eigenvalue weighted by atomic mass is 10.2. The largest absolute Gasteiger partial charge is 0.461 e. The van der Waals surface area contributed by atoms with E-state index in [1.165, 1.54) is 11.8 Å². The molecule has 0 aliphatic carbocycles. The maximum atomic E-state index is 12.8. The third-order valence-corrected chi connectivity index (χ3v) is 5.26. The van der Waals surface area contributed by atoms with Gasteiger partial charge in [-0.25, -0.2) is 0 Å². The van der Waals surface area contributed by atoms with Gasteiger partial charge in [0.15, 0.2) is 22.6 Å². The van der Waals surface area contributed by atoms with Gasteiger partial charge in [-0.1, -0.05) is 36.7 Å². The van der Waals surface area contributed by atoms with Crippen LogP contribution in [0.3, 0.4) is 0 Å². The third-order valence-electron chi connectivity index (χ3n) is 4.01. The molecule has 1 amide bonds. The summed E-state index contributed by atoms with van der Waals surface area (Å²) in [5, 5.41) is 15.6. The van der Waals surface area contributed by atoms with Crippen LogP contribution in [-0.2, 0) is 11.3 Å². The highest BCUT2D eigenvalue weighted by atomic mass is 32.2. The zero-order valence-electron chi connectivity index (χ0n) is 15.6. The molecule has 0 saturated carbocycles. The second-order valence-electron chi connectivity index (χ2n) is 6.09. The van der Waals surface area contributed by atoms with Gasteiger partial charge in [0, 0.05) is 12.6 Å². The van der Waals surface area contributed by atoms with Crippen molar-refractivity contribution < 1.29 is 13.7 Å². The summed E-state index contributed by atoms with van der Waals surface area (Å²) in [5.74, 6) is 2.27. The van der Waals surface area contributed by atoms with Gasteiger partial charge in [0.05, 0.1) is 11.5 Å². The number of amides is 1. The van der Waals surface area contributed by atoms with Crippen LogP contribution >= 0.6 is 11.8 Å². The molecule has 0 saturated heterocycles. The van der Waals surface area contributed by atoms with E-state index in [4.69, 9.17) is 8.94 Å². The first kappa shape index (κ1) is 19.2. The normalized spacial score (nSPS) is 12.3. The van der Waals surface area contributed by atoms with Gasteiger partial charge in [-0.2, -0.15) is 0 Å². The van der Waals surface area contributed by atoms with Crippen molar-refractivity contribution in [3.8, 4) is 11.6 Å². The Hall–Kier alpha value is -2.55. The Balaban J connectivity index is 1.78. The fourth-order valence-electron chi connectivity index (χ4n) is 2.64. The summed E-state index contributed by atoms with van der Waals surface area (Å²) in [6.45, 7) is 6.57. The standard InChI is InChI=1S/C18H23N5O3S/c1-4-6-9-14(17(24)19-15-11-12(3)26-22-15)27-18-21-20-16(23(18)5-2)13-8-7-10-25-13/h7-8,10-11,14H,4-6,9H2,1-3H3,(H,19,22,24). The van der Waals surface area contributed by atoms with Crippen LogP contribution in [0.4, 0.5) is 5.82 Å². The topological polar surface area (TPSA) is 99.0 Å². The number of anilines is 1. The maximum Gasteiger partial charge on any atom is 0.239 e. The number of unbranched alkanes of at least 4 members (excludes halogenated alkanes) is 1. The van der Waals surface area contributed by atoms with E-state index in [-0.39, 0.29) is 11.2 Å². The first-order chi connectivity index (χ1) is 13.1. The van der Waals surface area contributed by atoms with Crippen LogP contribution in [0.5, 0.6) is 0 Å². The molecule has 1 atom stereocenters. The van der Waals surface area contributed by atoms with Crippen molar-refractivity contribution in [3.05, 3.63) is 30.2 Å². The number of aromatic nitrogens is 4. The summed E-state index contributed by atoms with van der Waals surface area (Å²) in [4.78, 5) is 12.8. The molecule has 0 aliphatic heterocycles. The number of thioether (sulfide) groups is 1. The van der Waals surface area contributed by atoms with Gasteiger partial charge in [0.1, 0.15) is 5.76 Å². The van der Waals surface area contributed by atoms with Crippen molar-refractivity contribution >= 4 is 23.5 Å². The highest BCUT2D eigenvalue weighted by molar-refractivity contribution is 8.00. The minimum atomic E-state index is -0.305. The number of rotatable bonds is 9. The fraction of sp³-hybridized carbons (Fsp3) is 0.444. The molecule has 1 unspecified atom stereocenters. The summed E-state index contributed by atoms with van der Waals surface area (Å²) < 4.78 is 12.4. The molecule has 9 heteroatoms. The summed E-state index contributed by atoms with van der Waals surface area (Å²) in [6, 6.07) is 5.36. The smallest absolute Gasteiger partial charge is 0.239 e. The lowest BCUT2D eigenvalue weighted by molar-refractivity contribution is -0.115. The van der Waals surface area contributed by atoms with Crippen LogP contribution in [0, 0.1) is 6.92 Å². The quantitative estimate of drug-likeness (QED) is 0.549. The van der Waals surface area contributed by atoms with E-state index in [1.54, 1.807) is 19.3 Å². The van der Waals surface area contributed by atoms with Crippen molar-refractivity contribution in [3.63, 3.8) is 0 Å². The number of carbonyl (C=O) groups is 1. The van der Waals surface area contributed by atoms with Gasteiger partial charge in [-0.05, 0) is 32.4 Å². The van der Waals surface area contributed by atoms with E-state index in [1.807, 2.05) is 23.6 Å². The molecule has 3 aromatic heterocycles. The van der Waals surface area contributed by atoms with Crippen LogP contribution in [-0.4, -0.2) is 31.1 Å². The average Bonchev–Trinajstić information content (AvgIpc) is 3.39. The van der Waals surface area contributed by atoms with Crippen LogP contribution in [0.15, 0.2) is 38.6 Å². The van der Waals surface area contributed by atoms with Gasteiger partial charge in [0.25, 0.3) is 0 Å². The minimum absolute atomic E-state index is 0.119. The molecule has 0 bridgehead atoms. The van der Waals surface area contributed by atoms with Gasteiger partial charge < -0.3 is 14.3 Å². The predicted octanol–water partition coefficient (Wildman–Crippen LogP) is 4.14. The number of carbonyl (C=O) groups excluding carboxylic acids is 1. The Morgan fingerprint density at radius 3 is 2.85 bits per heavy atom. The molecule has 144 valence electrons. The molecular formula is C18H23N5O3S. The molecular weight excluding hydrogens is 366 g/mol. The number of hydrogen-bond acceptors (Lipinski definition) is 7. The van der Waals surface area contributed by atoms with Gasteiger partial charge in [-0.3, -0.25) is 9.36 Å². The van der Waals surface area contributed by atoms with Crippen LogP contribution in [0.1, 0.15) is 38.9 Å². The maximum absolute atomic E-state index is 12.8. The molecule has 8 nitrogen and oxygen atoms in total. The van der Waals surface area contributed by atoms with Crippen LogP contribution < -0.4 is 5.32 Å². The Kier molecular flexibility index (Phi) is 6.33. The average molecular weight is 389 g/mol. The Morgan fingerprint density at radius 2 is 2.22 bits per heavy atom. The van der Waals surface area contributed by atoms with Crippen molar-refractivity contribution in [2.24, 2.45) is 0 Å². The van der Waals surface area contributed by atoms with Crippen molar-refractivity contribution in [2.75, 3.05) is 5.32 Å². The van der Waals surface area contributed by atoms with E-state index in [9.17, 15) is 4.79 Å². The second kappa shape index (κ2) is 8.90. The number of furan rings is 1. The Bertz CT molecular complexity index is 872. The van der Waals surface area contributed by atoms with Crippen LogP contribution in [0.25, 0.3) is 11.6 Å². The highest BCUT2D eigenvalue weighted by Gasteiger charge is 2.25. The monoisotopic (exact) mass is 389 g/mol. The molecule has 0 radical (unpaired) electrons. The van der Waals surface area contributed by atoms with Crippen molar-refractivity contribution in [1.82, 2.24) is 19.9 Å². The molecule has 3 rings (SSSR count). The lowest BCUT2D eigenvalue weighted by Crippen LogP contribution is -2.26. The second-order valence-corrected chi connectivity index (χ2v) is 7.26. The zero-order chi connectivity index (χ0) is 19.2. The zero-order valence-corrected chi connectivity index (χ0v) is 16.5. The number of nitrogens with one attached hydrogen (secondary N) is 1. The number of aryl methyl sites for hydroxylation is 1. The Labute approximate surface area is 161 Å². The van der Waals surface area contributed by atoms with E-state index in [0.717, 1.165) is 19.3 Å². The van der Waals surface area contributed by atoms with Gasteiger partial charge >= 0.3 is 0 Å². The molecule has 0 spiro atoms. The molecule has 0 aromatic carbocycles. The summed E-state index contributed by atoms with van der Waals surface area (Å²) in [7, 11) is 0. The van der Waals surface area contributed by atoms with E-state index >= 15 is 0 Å².